The molecule has 122 valence electrons. The number of nitrogens with zero attached hydrogens (tertiary/aromatic N) is 2. The lowest BCUT2D eigenvalue weighted by molar-refractivity contribution is -0.131. The summed E-state index contributed by atoms with van der Waals surface area (Å²) >= 11 is 0. The average Bonchev–Trinajstić information content (AvgIpc) is 2.99. The Hall–Kier alpha value is -0.610. The van der Waals surface area contributed by atoms with Crippen LogP contribution in [0, 0.1) is 5.92 Å². The summed E-state index contributed by atoms with van der Waals surface area (Å²) in [4.78, 5) is 17.4. The zero-order valence-corrected chi connectivity index (χ0v) is 14.3. The Bertz CT molecular complexity index is 345. The maximum atomic E-state index is 12.7. The van der Waals surface area contributed by atoms with Gasteiger partial charge in [0.15, 0.2) is 0 Å². The van der Waals surface area contributed by atoms with Crippen molar-refractivity contribution in [3.05, 3.63) is 0 Å². The zero-order chi connectivity index (χ0) is 15.4. The van der Waals surface area contributed by atoms with Crippen LogP contribution in [0.5, 0.6) is 0 Å². The molecule has 0 aromatic heterocycles. The molecule has 0 aromatic rings. The fourth-order valence-corrected chi connectivity index (χ4v) is 3.85. The molecule has 4 nitrogen and oxygen atoms in total. The summed E-state index contributed by atoms with van der Waals surface area (Å²) in [6, 6.07) is 0.617. The van der Waals surface area contributed by atoms with Gasteiger partial charge in [0.2, 0.25) is 5.91 Å². The fourth-order valence-electron chi connectivity index (χ4n) is 3.85. The van der Waals surface area contributed by atoms with Gasteiger partial charge in [-0.3, -0.25) is 15.0 Å². The van der Waals surface area contributed by atoms with Crippen molar-refractivity contribution in [3.63, 3.8) is 0 Å². The van der Waals surface area contributed by atoms with E-state index in [2.05, 4.69) is 42.8 Å². The van der Waals surface area contributed by atoms with Gasteiger partial charge in [-0.1, -0.05) is 34.1 Å². The van der Waals surface area contributed by atoms with Crippen molar-refractivity contribution in [2.45, 2.75) is 78.0 Å². The number of rotatable bonds is 7. The van der Waals surface area contributed by atoms with Crippen LogP contribution in [0.4, 0.5) is 0 Å². The smallest absolute Gasteiger partial charge is 0.241 e. The van der Waals surface area contributed by atoms with Crippen molar-refractivity contribution in [1.82, 2.24) is 15.1 Å². The van der Waals surface area contributed by atoms with Crippen LogP contribution in [0.1, 0.15) is 59.8 Å². The third-order valence-electron chi connectivity index (χ3n) is 4.94. The minimum atomic E-state index is 0.0511. The summed E-state index contributed by atoms with van der Waals surface area (Å²) in [5.41, 5.74) is 0. The molecule has 4 heteroatoms. The summed E-state index contributed by atoms with van der Waals surface area (Å²) in [5.74, 6) is 0.953. The maximum absolute atomic E-state index is 12.7. The lowest BCUT2D eigenvalue weighted by Crippen LogP contribution is -2.46. The predicted molar refractivity (Wildman–Crippen MR) is 87.1 cm³/mol. The van der Waals surface area contributed by atoms with Gasteiger partial charge in [-0.15, -0.1) is 0 Å². The Labute approximate surface area is 130 Å². The van der Waals surface area contributed by atoms with Crippen molar-refractivity contribution in [2.75, 3.05) is 19.6 Å². The Kier molecular flexibility index (Phi) is 6.06. The number of nitrogens with one attached hydrogen (secondary N) is 1. The molecule has 2 heterocycles. The summed E-state index contributed by atoms with van der Waals surface area (Å²) in [7, 11) is 0. The predicted octanol–water partition coefficient (Wildman–Crippen LogP) is 2.44. The minimum Gasteiger partial charge on any atom is -0.324 e. The van der Waals surface area contributed by atoms with Gasteiger partial charge >= 0.3 is 0 Å². The second-order valence-corrected chi connectivity index (χ2v) is 7.07. The van der Waals surface area contributed by atoms with Crippen LogP contribution in [0.25, 0.3) is 0 Å². The molecule has 2 rings (SSSR count). The molecule has 0 bridgehead atoms. The molecule has 1 amide bonds. The number of likely N-dealkylation sites (N-methyl/N-ethyl adjacent to an activating group) is 1. The molecule has 0 radical (unpaired) electrons. The second kappa shape index (κ2) is 7.59. The van der Waals surface area contributed by atoms with Crippen LogP contribution >= 0.6 is 0 Å². The highest BCUT2D eigenvalue weighted by atomic mass is 16.2. The first-order valence-corrected chi connectivity index (χ1v) is 8.87. The van der Waals surface area contributed by atoms with Crippen LogP contribution < -0.4 is 5.32 Å². The maximum Gasteiger partial charge on any atom is 0.241 e. The Morgan fingerprint density at radius 3 is 2.71 bits per heavy atom. The van der Waals surface area contributed by atoms with Gasteiger partial charge in [-0.25, -0.2) is 0 Å². The van der Waals surface area contributed by atoms with Crippen LogP contribution in [-0.4, -0.2) is 53.6 Å². The Balaban J connectivity index is 2.03. The average molecular weight is 295 g/mol. The number of hydrogen-bond acceptors (Lipinski definition) is 3. The van der Waals surface area contributed by atoms with E-state index in [1.165, 1.54) is 19.4 Å². The second-order valence-electron chi connectivity index (χ2n) is 7.07. The van der Waals surface area contributed by atoms with E-state index in [4.69, 9.17) is 0 Å². The minimum absolute atomic E-state index is 0.0511. The van der Waals surface area contributed by atoms with Gasteiger partial charge in [-0.2, -0.15) is 0 Å². The standard InChI is InChI=1S/C17H33N3O/c1-5-8-15-17(21)20(16(18-15)11-13(3)4)12-14-9-7-10-19(14)6-2/h13-16,18H,5-12H2,1-4H3. The third-order valence-corrected chi connectivity index (χ3v) is 4.94. The highest BCUT2D eigenvalue weighted by Gasteiger charge is 2.40. The van der Waals surface area contributed by atoms with E-state index in [-0.39, 0.29) is 12.2 Å². The molecule has 21 heavy (non-hydrogen) atoms. The lowest BCUT2D eigenvalue weighted by atomic mass is 10.1. The van der Waals surface area contributed by atoms with E-state index in [1.807, 2.05) is 0 Å². The molecular formula is C17H33N3O. The van der Waals surface area contributed by atoms with Crippen molar-refractivity contribution in [1.29, 1.82) is 0 Å². The summed E-state index contributed by atoms with van der Waals surface area (Å²) in [6.45, 7) is 12.1. The van der Waals surface area contributed by atoms with Crippen LogP contribution in [0.3, 0.4) is 0 Å². The highest BCUT2D eigenvalue weighted by molar-refractivity contribution is 5.84. The molecule has 0 spiro atoms. The molecule has 2 aliphatic rings. The van der Waals surface area contributed by atoms with Gasteiger partial charge in [0.05, 0.1) is 12.2 Å². The zero-order valence-electron chi connectivity index (χ0n) is 14.3. The molecule has 0 saturated carbocycles. The quantitative estimate of drug-likeness (QED) is 0.783. The molecule has 0 aromatic carbocycles. The first kappa shape index (κ1) is 16.8. The van der Waals surface area contributed by atoms with Gasteiger partial charge < -0.3 is 4.90 Å². The van der Waals surface area contributed by atoms with E-state index in [0.29, 0.717) is 17.9 Å². The summed E-state index contributed by atoms with van der Waals surface area (Å²) in [5, 5.41) is 3.59. The normalized spacial score (nSPS) is 30.8. The van der Waals surface area contributed by atoms with E-state index in [9.17, 15) is 4.79 Å². The lowest BCUT2D eigenvalue weighted by Gasteiger charge is -2.31. The first-order chi connectivity index (χ1) is 10.1. The Morgan fingerprint density at radius 1 is 1.33 bits per heavy atom. The fraction of sp³-hybridized carbons (Fsp3) is 0.941. The first-order valence-electron chi connectivity index (χ1n) is 8.87. The number of carbonyl (C=O) groups is 1. The van der Waals surface area contributed by atoms with Gasteiger partial charge in [0.1, 0.15) is 0 Å². The summed E-state index contributed by atoms with van der Waals surface area (Å²) in [6.07, 6.45) is 5.85. The van der Waals surface area contributed by atoms with E-state index >= 15 is 0 Å². The van der Waals surface area contributed by atoms with E-state index in [1.54, 1.807) is 0 Å². The Morgan fingerprint density at radius 2 is 2.10 bits per heavy atom. The van der Waals surface area contributed by atoms with Crippen LogP contribution in [-0.2, 0) is 4.79 Å². The SMILES string of the molecule is CCCC1NC(CC(C)C)N(CC2CCCN2CC)C1=O. The highest BCUT2D eigenvalue weighted by Crippen LogP contribution is 2.24. The van der Waals surface area contributed by atoms with E-state index in [0.717, 1.165) is 32.4 Å². The molecule has 2 saturated heterocycles. The largest absolute Gasteiger partial charge is 0.324 e. The van der Waals surface area contributed by atoms with E-state index < -0.39 is 0 Å². The number of hydrogen-bond donors (Lipinski definition) is 1. The van der Waals surface area contributed by atoms with Gasteiger partial charge in [-0.05, 0) is 44.7 Å². The van der Waals surface area contributed by atoms with Crippen molar-refractivity contribution in [3.8, 4) is 0 Å². The van der Waals surface area contributed by atoms with Crippen molar-refractivity contribution in [2.24, 2.45) is 5.92 Å². The number of likely N-dealkylation sites (tertiary alicyclic amines) is 1. The van der Waals surface area contributed by atoms with Crippen molar-refractivity contribution >= 4 is 5.91 Å². The molecule has 3 atom stereocenters. The number of amides is 1. The molecule has 1 N–H and O–H groups in total. The van der Waals surface area contributed by atoms with Crippen LogP contribution in [0.2, 0.25) is 0 Å². The van der Waals surface area contributed by atoms with Gasteiger partial charge in [0.25, 0.3) is 0 Å². The molecule has 3 unspecified atom stereocenters. The molecule has 0 aliphatic carbocycles. The van der Waals surface area contributed by atoms with Gasteiger partial charge in [0, 0.05) is 12.6 Å². The molecule has 2 fully saturated rings. The van der Waals surface area contributed by atoms with Crippen LogP contribution in [0.15, 0.2) is 0 Å². The van der Waals surface area contributed by atoms with Crippen molar-refractivity contribution < 1.29 is 4.79 Å². The summed E-state index contributed by atoms with van der Waals surface area (Å²) < 4.78 is 0. The molecular weight excluding hydrogens is 262 g/mol. The molecule has 2 aliphatic heterocycles. The topological polar surface area (TPSA) is 35.6 Å². The third kappa shape index (κ3) is 3.98. The monoisotopic (exact) mass is 295 g/mol. The number of carbonyl (C=O) groups excluding carboxylic acids is 1.